The van der Waals surface area contributed by atoms with E-state index in [-0.39, 0.29) is 11.2 Å². The Balaban J connectivity index is 1.83. The molecule has 4 rings (SSSR count). The van der Waals surface area contributed by atoms with Crippen LogP contribution >= 0.6 is 0 Å². The fraction of sp³-hybridized carbons (Fsp3) is 0.111. The van der Waals surface area contributed by atoms with Crippen LogP contribution in [0.4, 0.5) is 5.69 Å². The second-order valence-corrected chi connectivity index (χ2v) is 5.83. The molecule has 2 heterocycles. The second-order valence-electron chi connectivity index (χ2n) is 5.83. The maximum absolute atomic E-state index is 12.7. The van der Waals surface area contributed by atoms with Crippen molar-refractivity contribution in [3.8, 4) is 5.75 Å². The van der Waals surface area contributed by atoms with Crippen molar-refractivity contribution in [3.05, 3.63) is 64.1 Å². The first-order chi connectivity index (χ1) is 12.6. The van der Waals surface area contributed by atoms with Gasteiger partial charge in [0.25, 0.3) is 11.5 Å². The Kier molecular flexibility index (Phi) is 3.65. The van der Waals surface area contributed by atoms with Crippen molar-refractivity contribution in [2.75, 3.05) is 12.4 Å². The standard InChI is InChI=1S/C18H15N5O3/c1-10-7-8-14(26-2)12(9-10)20-17(24)15-16-18(25)19-11-5-3-4-6-13(11)23(16)22-21-15/h3-9H,1-2H3,(H,19,25)(H,20,24). The van der Waals surface area contributed by atoms with Crippen LogP contribution < -0.4 is 15.6 Å². The zero-order chi connectivity index (χ0) is 18.3. The number of para-hydroxylation sites is 2. The van der Waals surface area contributed by atoms with E-state index in [0.29, 0.717) is 22.5 Å². The predicted octanol–water partition coefficient (Wildman–Crippen LogP) is 2.14. The number of aromatic amines is 1. The van der Waals surface area contributed by atoms with Crippen LogP contribution in [0.3, 0.4) is 0 Å². The Labute approximate surface area is 147 Å². The topological polar surface area (TPSA) is 101 Å². The van der Waals surface area contributed by atoms with Crippen molar-refractivity contribution >= 4 is 28.1 Å². The lowest BCUT2D eigenvalue weighted by Crippen LogP contribution is -2.18. The molecule has 0 spiro atoms. The quantitative estimate of drug-likeness (QED) is 0.590. The van der Waals surface area contributed by atoms with E-state index >= 15 is 0 Å². The van der Waals surface area contributed by atoms with E-state index in [1.807, 2.05) is 19.1 Å². The molecule has 0 aliphatic heterocycles. The van der Waals surface area contributed by atoms with Crippen molar-refractivity contribution in [3.63, 3.8) is 0 Å². The highest BCUT2D eigenvalue weighted by molar-refractivity contribution is 6.08. The lowest BCUT2D eigenvalue weighted by atomic mass is 10.2. The summed E-state index contributed by atoms with van der Waals surface area (Å²) in [5.74, 6) is -0.0236. The molecule has 0 atom stereocenters. The molecule has 8 nitrogen and oxygen atoms in total. The van der Waals surface area contributed by atoms with Crippen molar-refractivity contribution in [2.24, 2.45) is 0 Å². The van der Waals surface area contributed by atoms with Gasteiger partial charge in [-0.2, -0.15) is 0 Å². The SMILES string of the molecule is COc1ccc(C)cc1NC(=O)c1nnn2c1c(=O)[nH]c1ccccc12. The van der Waals surface area contributed by atoms with Gasteiger partial charge in [-0.1, -0.05) is 23.4 Å². The van der Waals surface area contributed by atoms with Gasteiger partial charge in [-0.3, -0.25) is 9.59 Å². The fourth-order valence-corrected chi connectivity index (χ4v) is 2.85. The minimum atomic E-state index is -0.537. The minimum absolute atomic E-state index is 0.0550. The number of ether oxygens (including phenoxy) is 1. The van der Waals surface area contributed by atoms with Crippen molar-refractivity contribution in [1.82, 2.24) is 19.8 Å². The van der Waals surface area contributed by atoms with Gasteiger partial charge in [0.1, 0.15) is 5.75 Å². The highest BCUT2D eigenvalue weighted by atomic mass is 16.5. The number of H-pyrrole nitrogens is 1. The monoisotopic (exact) mass is 349 g/mol. The number of nitrogens with zero attached hydrogens (tertiary/aromatic N) is 3. The largest absolute Gasteiger partial charge is 0.495 e. The molecule has 0 unspecified atom stereocenters. The molecule has 2 aromatic carbocycles. The van der Waals surface area contributed by atoms with Crippen LogP contribution in [0, 0.1) is 6.92 Å². The highest BCUT2D eigenvalue weighted by Crippen LogP contribution is 2.26. The molecule has 0 bridgehead atoms. The number of carbonyl (C=O) groups excluding carboxylic acids is 1. The zero-order valence-corrected chi connectivity index (χ0v) is 14.1. The summed E-state index contributed by atoms with van der Waals surface area (Å²) in [6.07, 6.45) is 0. The van der Waals surface area contributed by atoms with E-state index in [1.54, 1.807) is 30.3 Å². The third-order valence-electron chi connectivity index (χ3n) is 4.08. The van der Waals surface area contributed by atoms with E-state index in [1.165, 1.54) is 11.6 Å². The average molecular weight is 349 g/mol. The van der Waals surface area contributed by atoms with Gasteiger partial charge in [-0.15, -0.1) is 5.10 Å². The molecule has 26 heavy (non-hydrogen) atoms. The van der Waals surface area contributed by atoms with E-state index in [0.717, 1.165) is 5.56 Å². The Morgan fingerprint density at radius 2 is 2.04 bits per heavy atom. The molecule has 0 radical (unpaired) electrons. The molecular weight excluding hydrogens is 334 g/mol. The number of anilines is 1. The first-order valence-electron chi connectivity index (χ1n) is 7.91. The number of carbonyl (C=O) groups is 1. The zero-order valence-electron chi connectivity index (χ0n) is 14.1. The summed E-state index contributed by atoms with van der Waals surface area (Å²) >= 11 is 0. The molecule has 0 aliphatic rings. The number of hydrogen-bond donors (Lipinski definition) is 2. The first kappa shape index (κ1) is 15.8. The summed E-state index contributed by atoms with van der Waals surface area (Å²) in [5.41, 5.74) is 2.32. The molecule has 0 aliphatic carbocycles. The maximum atomic E-state index is 12.7. The predicted molar refractivity (Wildman–Crippen MR) is 96.8 cm³/mol. The fourth-order valence-electron chi connectivity index (χ4n) is 2.85. The summed E-state index contributed by atoms with van der Waals surface area (Å²) < 4.78 is 6.64. The summed E-state index contributed by atoms with van der Waals surface area (Å²) in [6.45, 7) is 1.90. The Morgan fingerprint density at radius 3 is 2.85 bits per heavy atom. The summed E-state index contributed by atoms with van der Waals surface area (Å²) in [4.78, 5) is 27.9. The van der Waals surface area contributed by atoms with E-state index in [4.69, 9.17) is 4.74 Å². The Morgan fingerprint density at radius 1 is 1.23 bits per heavy atom. The molecular formula is C18H15N5O3. The molecule has 2 aromatic heterocycles. The van der Waals surface area contributed by atoms with Crippen LogP contribution in [-0.4, -0.2) is 32.8 Å². The molecule has 1 amide bonds. The Bertz CT molecular complexity index is 1210. The average Bonchev–Trinajstić information content (AvgIpc) is 3.08. The highest BCUT2D eigenvalue weighted by Gasteiger charge is 2.20. The number of nitrogens with one attached hydrogen (secondary N) is 2. The first-order valence-corrected chi connectivity index (χ1v) is 7.91. The number of hydrogen-bond acceptors (Lipinski definition) is 5. The normalized spacial score (nSPS) is 11.0. The van der Waals surface area contributed by atoms with Crippen molar-refractivity contribution in [1.29, 1.82) is 0 Å². The Hall–Kier alpha value is -3.68. The van der Waals surface area contributed by atoms with Crippen LogP contribution in [0.15, 0.2) is 47.3 Å². The summed E-state index contributed by atoms with van der Waals surface area (Å²) in [5, 5.41) is 10.6. The molecule has 4 aromatic rings. The molecule has 0 fully saturated rings. The van der Waals surface area contributed by atoms with Crippen LogP contribution in [0.2, 0.25) is 0 Å². The number of aromatic nitrogens is 4. The maximum Gasteiger partial charge on any atom is 0.278 e. The van der Waals surface area contributed by atoms with Gasteiger partial charge in [0.15, 0.2) is 11.2 Å². The number of benzene rings is 2. The summed E-state index contributed by atoms with van der Waals surface area (Å²) in [6, 6.07) is 12.6. The van der Waals surface area contributed by atoms with Crippen molar-refractivity contribution < 1.29 is 9.53 Å². The van der Waals surface area contributed by atoms with E-state index in [2.05, 4.69) is 20.6 Å². The van der Waals surface area contributed by atoms with Crippen molar-refractivity contribution in [2.45, 2.75) is 6.92 Å². The molecule has 0 saturated carbocycles. The van der Waals surface area contributed by atoms with Crippen LogP contribution in [0.25, 0.3) is 16.6 Å². The third kappa shape index (κ3) is 2.48. The van der Waals surface area contributed by atoms with Gasteiger partial charge in [0.05, 0.1) is 23.8 Å². The lowest BCUT2D eigenvalue weighted by molar-refractivity contribution is 0.102. The number of methoxy groups -OCH3 is 1. The molecule has 2 N–H and O–H groups in total. The summed E-state index contributed by atoms with van der Waals surface area (Å²) in [7, 11) is 1.52. The van der Waals surface area contributed by atoms with Gasteiger partial charge in [0, 0.05) is 0 Å². The smallest absolute Gasteiger partial charge is 0.278 e. The van der Waals surface area contributed by atoms with Crippen LogP contribution in [-0.2, 0) is 0 Å². The number of amides is 1. The van der Waals surface area contributed by atoms with Gasteiger partial charge < -0.3 is 15.0 Å². The minimum Gasteiger partial charge on any atom is -0.495 e. The van der Waals surface area contributed by atoms with E-state index < -0.39 is 11.5 Å². The van der Waals surface area contributed by atoms with Crippen LogP contribution in [0.5, 0.6) is 5.75 Å². The third-order valence-corrected chi connectivity index (χ3v) is 4.08. The number of rotatable bonds is 3. The van der Waals surface area contributed by atoms with Gasteiger partial charge in [-0.05, 0) is 36.8 Å². The van der Waals surface area contributed by atoms with Gasteiger partial charge in [0.2, 0.25) is 0 Å². The number of fused-ring (bicyclic) bond motifs is 3. The number of aryl methyl sites for hydroxylation is 1. The molecule has 130 valence electrons. The lowest BCUT2D eigenvalue weighted by Gasteiger charge is -2.10. The van der Waals surface area contributed by atoms with Gasteiger partial charge >= 0.3 is 0 Å². The van der Waals surface area contributed by atoms with Crippen LogP contribution in [0.1, 0.15) is 16.1 Å². The van der Waals surface area contributed by atoms with E-state index in [9.17, 15) is 9.59 Å². The molecule has 0 saturated heterocycles. The molecule has 8 heteroatoms. The second kappa shape index (κ2) is 5.99. The van der Waals surface area contributed by atoms with Gasteiger partial charge in [-0.25, -0.2) is 4.52 Å².